The highest BCUT2D eigenvalue weighted by Crippen LogP contribution is 2.63. The normalized spacial score (nSPS) is 28.0. The van der Waals surface area contributed by atoms with Crippen molar-refractivity contribution >= 4 is 5.95 Å². The predicted octanol–water partition coefficient (Wildman–Crippen LogP) is 2.08. The van der Waals surface area contributed by atoms with Crippen molar-refractivity contribution in [2.24, 2.45) is 16.7 Å². The van der Waals surface area contributed by atoms with Crippen LogP contribution in [0, 0.1) is 16.7 Å². The number of para-hydroxylation sites is 1. The van der Waals surface area contributed by atoms with Crippen molar-refractivity contribution in [1.29, 1.82) is 0 Å². The molecule has 128 valence electrons. The SMILES string of the molecule is CN(C)C[C@@]12CN(c3nnnn3-c3ccccc3)C[C@@H]1C(C)(C)C2. The molecule has 2 fully saturated rings. The molecule has 2 aliphatic rings. The number of anilines is 1. The molecule has 2 aromatic rings. The maximum absolute atomic E-state index is 4.34. The Morgan fingerprint density at radius 1 is 1.21 bits per heavy atom. The molecule has 6 nitrogen and oxygen atoms in total. The third-order valence-corrected chi connectivity index (χ3v) is 5.77. The Kier molecular flexibility index (Phi) is 3.42. The molecule has 1 aliphatic carbocycles. The van der Waals surface area contributed by atoms with Gasteiger partial charge in [0, 0.05) is 25.0 Å². The molecular formula is C18H26N6. The first-order chi connectivity index (χ1) is 11.4. The monoisotopic (exact) mass is 326 g/mol. The fourth-order valence-corrected chi connectivity index (χ4v) is 5.24. The average Bonchev–Trinajstić information content (AvgIpc) is 3.10. The van der Waals surface area contributed by atoms with Crippen LogP contribution in [0.3, 0.4) is 0 Å². The first-order valence-electron chi connectivity index (χ1n) is 8.65. The summed E-state index contributed by atoms with van der Waals surface area (Å²) in [4.78, 5) is 4.71. The summed E-state index contributed by atoms with van der Waals surface area (Å²) >= 11 is 0. The molecule has 2 heterocycles. The molecule has 6 heteroatoms. The summed E-state index contributed by atoms with van der Waals surface area (Å²) in [5.41, 5.74) is 1.77. The van der Waals surface area contributed by atoms with Crippen LogP contribution in [-0.2, 0) is 0 Å². The fourth-order valence-electron chi connectivity index (χ4n) is 5.24. The maximum atomic E-state index is 4.34. The van der Waals surface area contributed by atoms with E-state index in [0.717, 1.165) is 31.3 Å². The second-order valence-electron chi connectivity index (χ2n) is 8.42. The van der Waals surface area contributed by atoms with Crippen molar-refractivity contribution in [3.05, 3.63) is 30.3 Å². The second-order valence-corrected chi connectivity index (χ2v) is 8.42. The Balaban J connectivity index is 1.65. The minimum Gasteiger partial charge on any atom is -0.338 e. The molecule has 1 saturated heterocycles. The number of aromatic nitrogens is 4. The van der Waals surface area contributed by atoms with Crippen LogP contribution in [-0.4, -0.2) is 58.8 Å². The van der Waals surface area contributed by atoms with E-state index in [2.05, 4.69) is 53.3 Å². The van der Waals surface area contributed by atoms with Gasteiger partial charge in [0.2, 0.25) is 5.95 Å². The van der Waals surface area contributed by atoms with Gasteiger partial charge in [-0.05, 0) is 54.4 Å². The van der Waals surface area contributed by atoms with Gasteiger partial charge in [-0.1, -0.05) is 37.1 Å². The van der Waals surface area contributed by atoms with Crippen molar-refractivity contribution in [3.63, 3.8) is 0 Å². The molecule has 0 radical (unpaired) electrons. The molecule has 24 heavy (non-hydrogen) atoms. The molecule has 0 amide bonds. The van der Waals surface area contributed by atoms with Gasteiger partial charge in [0.15, 0.2) is 0 Å². The van der Waals surface area contributed by atoms with E-state index in [1.165, 1.54) is 6.42 Å². The zero-order valence-corrected chi connectivity index (χ0v) is 15.0. The van der Waals surface area contributed by atoms with Gasteiger partial charge in [-0.2, -0.15) is 4.68 Å². The number of tetrazole rings is 1. The van der Waals surface area contributed by atoms with Crippen molar-refractivity contribution < 1.29 is 0 Å². The lowest BCUT2D eigenvalue weighted by atomic mass is 9.48. The van der Waals surface area contributed by atoms with Crippen molar-refractivity contribution in [3.8, 4) is 5.69 Å². The van der Waals surface area contributed by atoms with Crippen LogP contribution in [0.15, 0.2) is 30.3 Å². The Bertz CT molecular complexity index is 718. The third-order valence-electron chi connectivity index (χ3n) is 5.77. The molecule has 1 saturated carbocycles. The number of hydrogen-bond donors (Lipinski definition) is 0. The van der Waals surface area contributed by atoms with Gasteiger partial charge >= 0.3 is 0 Å². The zero-order chi connectivity index (χ0) is 16.9. The zero-order valence-electron chi connectivity index (χ0n) is 15.0. The predicted molar refractivity (Wildman–Crippen MR) is 94.2 cm³/mol. The van der Waals surface area contributed by atoms with Crippen molar-refractivity contribution in [2.45, 2.75) is 20.3 Å². The molecular weight excluding hydrogens is 300 g/mol. The van der Waals surface area contributed by atoms with Crippen LogP contribution in [0.2, 0.25) is 0 Å². The van der Waals surface area contributed by atoms with Gasteiger partial charge in [-0.15, -0.1) is 0 Å². The van der Waals surface area contributed by atoms with Crippen molar-refractivity contribution in [1.82, 2.24) is 25.1 Å². The number of rotatable bonds is 4. The van der Waals surface area contributed by atoms with E-state index in [1.807, 2.05) is 35.0 Å². The minimum absolute atomic E-state index is 0.362. The van der Waals surface area contributed by atoms with E-state index in [1.54, 1.807) is 0 Å². The Hall–Kier alpha value is -1.95. The fraction of sp³-hybridized carbons (Fsp3) is 0.611. The molecule has 4 rings (SSSR count). The summed E-state index contributed by atoms with van der Waals surface area (Å²) < 4.78 is 1.86. The van der Waals surface area contributed by atoms with E-state index in [0.29, 0.717) is 16.7 Å². The first kappa shape index (κ1) is 15.6. The summed E-state index contributed by atoms with van der Waals surface area (Å²) in [6, 6.07) is 10.1. The molecule has 1 aromatic carbocycles. The summed E-state index contributed by atoms with van der Waals surface area (Å²) in [5, 5.41) is 12.5. The standard InChI is InChI=1S/C18H26N6/c1-17(2)11-18(12-22(3)4)13-23(10-15(17)18)16-19-20-21-24(16)14-8-6-5-7-9-14/h5-9,15H,10-13H2,1-4H3/t15-,18+/m1/s1. The molecule has 1 aliphatic heterocycles. The highest BCUT2D eigenvalue weighted by Gasteiger charge is 2.63. The topological polar surface area (TPSA) is 50.1 Å². The number of nitrogens with zero attached hydrogens (tertiary/aromatic N) is 6. The lowest BCUT2D eigenvalue weighted by Crippen LogP contribution is -2.57. The molecule has 0 spiro atoms. The highest BCUT2D eigenvalue weighted by atomic mass is 15.6. The molecule has 2 atom stereocenters. The van der Waals surface area contributed by atoms with Gasteiger partial charge < -0.3 is 9.80 Å². The molecule has 0 N–H and O–H groups in total. The van der Waals surface area contributed by atoms with E-state index < -0.39 is 0 Å². The van der Waals surface area contributed by atoms with Crippen LogP contribution < -0.4 is 4.90 Å². The summed E-state index contributed by atoms with van der Waals surface area (Å²) in [6.07, 6.45) is 1.27. The maximum Gasteiger partial charge on any atom is 0.250 e. The first-order valence-corrected chi connectivity index (χ1v) is 8.65. The Morgan fingerprint density at radius 3 is 2.62 bits per heavy atom. The summed E-state index contributed by atoms with van der Waals surface area (Å²) in [5.74, 6) is 1.55. The molecule has 0 unspecified atom stereocenters. The van der Waals surface area contributed by atoms with E-state index in [9.17, 15) is 0 Å². The third kappa shape index (κ3) is 2.32. The Morgan fingerprint density at radius 2 is 1.96 bits per heavy atom. The lowest BCUT2D eigenvalue weighted by molar-refractivity contribution is -0.0787. The van der Waals surface area contributed by atoms with Crippen LogP contribution in [0.4, 0.5) is 5.95 Å². The summed E-state index contributed by atoms with van der Waals surface area (Å²) in [7, 11) is 4.35. The quantitative estimate of drug-likeness (QED) is 0.861. The van der Waals surface area contributed by atoms with Crippen LogP contribution in [0.25, 0.3) is 5.69 Å². The average molecular weight is 326 g/mol. The minimum atomic E-state index is 0.362. The van der Waals surface area contributed by atoms with Gasteiger partial charge in [0.25, 0.3) is 0 Å². The van der Waals surface area contributed by atoms with Crippen molar-refractivity contribution in [2.75, 3.05) is 38.6 Å². The van der Waals surface area contributed by atoms with E-state index in [4.69, 9.17) is 0 Å². The molecule has 1 aromatic heterocycles. The van der Waals surface area contributed by atoms with Gasteiger partial charge in [-0.25, -0.2) is 0 Å². The summed E-state index contributed by atoms with van der Waals surface area (Å²) in [6.45, 7) is 8.00. The highest BCUT2D eigenvalue weighted by molar-refractivity contribution is 5.43. The largest absolute Gasteiger partial charge is 0.338 e. The molecule has 0 bridgehead atoms. The van der Waals surface area contributed by atoms with E-state index >= 15 is 0 Å². The van der Waals surface area contributed by atoms with E-state index in [-0.39, 0.29) is 0 Å². The second kappa shape index (κ2) is 5.28. The smallest absolute Gasteiger partial charge is 0.250 e. The van der Waals surface area contributed by atoms with Gasteiger partial charge in [0.1, 0.15) is 0 Å². The van der Waals surface area contributed by atoms with Gasteiger partial charge in [-0.3, -0.25) is 0 Å². The number of fused-ring (bicyclic) bond motifs is 1. The van der Waals surface area contributed by atoms with Crippen LogP contribution >= 0.6 is 0 Å². The lowest BCUT2D eigenvalue weighted by Gasteiger charge is -2.57. The van der Waals surface area contributed by atoms with Gasteiger partial charge in [0.05, 0.1) is 5.69 Å². The Labute approximate surface area is 143 Å². The number of hydrogen-bond acceptors (Lipinski definition) is 5. The number of benzene rings is 1. The van der Waals surface area contributed by atoms with Crippen LogP contribution in [0.1, 0.15) is 20.3 Å². The van der Waals surface area contributed by atoms with Crippen LogP contribution in [0.5, 0.6) is 0 Å².